The van der Waals surface area contributed by atoms with Crippen molar-refractivity contribution in [3.63, 3.8) is 0 Å². The van der Waals surface area contributed by atoms with E-state index in [1.54, 1.807) is 14.2 Å². The van der Waals surface area contributed by atoms with Crippen LogP contribution in [-0.4, -0.2) is 32.1 Å². The number of methoxy groups -OCH3 is 2. The maximum atomic E-state index is 13.5. The smallest absolute Gasteiger partial charge is 0.123 e. The maximum absolute atomic E-state index is 13.5. The molecular formula is C22H28FNO2S. The number of nitrogens with one attached hydrogen (secondary N) is 1. The molecule has 2 aromatic carbocycles. The van der Waals surface area contributed by atoms with Crippen molar-refractivity contribution in [2.45, 2.75) is 42.7 Å². The first-order valence-electron chi connectivity index (χ1n) is 9.43. The molecule has 0 saturated heterocycles. The highest BCUT2D eigenvalue weighted by molar-refractivity contribution is 7.99. The van der Waals surface area contributed by atoms with Crippen LogP contribution < -0.4 is 10.1 Å². The number of thioether (sulfide) groups is 1. The quantitative estimate of drug-likeness (QED) is 0.660. The summed E-state index contributed by atoms with van der Waals surface area (Å²) < 4.78 is 24.3. The number of halogens is 1. The maximum Gasteiger partial charge on any atom is 0.123 e. The molecule has 1 aliphatic rings. The van der Waals surface area contributed by atoms with Crippen LogP contribution in [0, 0.1) is 5.82 Å². The Bertz CT molecular complexity index is 752. The van der Waals surface area contributed by atoms with Crippen LogP contribution in [0.15, 0.2) is 47.4 Å². The van der Waals surface area contributed by atoms with Gasteiger partial charge in [-0.3, -0.25) is 5.32 Å². The van der Waals surface area contributed by atoms with E-state index in [2.05, 4.69) is 24.4 Å². The van der Waals surface area contributed by atoms with Crippen LogP contribution in [0.25, 0.3) is 0 Å². The van der Waals surface area contributed by atoms with E-state index in [4.69, 9.17) is 9.47 Å². The molecule has 0 fully saturated rings. The molecule has 1 aliphatic heterocycles. The van der Waals surface area contributed by atoms with Crippen molar-refractivity contribution in [2.24, 2.45) is 0 Å². The van der Waals surface area contributed by atoms with Gasteiger partial charge in [-0.05, 0) is 60.7 Å². The Hall–Kier alpha value is -1.56. The fraction of sp³-hybridized carbons (Fsp3) is 0.455. The molecule has 0 aliphatic carbocycles. The summed E-state index contributed by atoms with van der Waals surface area (Å²) in [5, 5.41) is 3.93. The minimum atomic E-state index is -0.213. The van der Waals surface area contributed by atoms with Crippen molar-refractivity contribution >= 4 is 11.8 Å². The summed E-state index contributed by atoms with van der Waals surface area (Å²) >= 11 is 1.89. The lowest BCUT2D eigenvalue weighted by Gasteiger charge is -2.36. The van der Waals surface area contributed by atoms with E-state index in [1.807, 2.05) is 30.0 Å². The number of hydrogen-bond donors (Lipinski definition) is 1. The second kappa shape index (κ2) is 9.09. The highest BCUT2D eigenvalue weighted by Crippen LogP contribution is 2.42. The summed E-state index contributed by atoms with van der Waals surface area (Å²) in [6.45, 7) is 2.99. The number of hydrogen-bond acceptors (Lipinski definition) is 4. The third-order valence-corrected chi connectivity index (χ3v) is 6.75. The van der Waals surface area contributed by atoms with Crippen LogP contribution in [0.5, 0.6) is 5.75 Å². The number of rotatable bonds is 7. The molecule has 1 heterocycles. The number of ether oxygens (including phenoxy) is 2. The summed E-state index contributed by atoms with van der Waals surface area (Å²) in [5.74, 6) is 1.62. The highest BCUT2D eigenvalue weighted by atomic mass is 32.2. The third kappa shape index (κ3) is 4.65. The van der Waals surface area contributed by atoms with E-state index in [1.165, 1.54) is 22.6 Å². The molecular weight excluding hydrogens is 361 g/mol. The Labute approximate surface area is 165 Å². The SMILES string of the molecule is CCC1(CCCOC)CSc2ccc(OC)cc2C(c2ccc(F)cc2)N1. The summed E-state index contributed by atoms with van der Waals surface area (Å²) in [4.78, 5) is 1.25. The molecule has 0 bridgehead atoms. The number of benzene rings is 2. The van der Waals surface area contributed by atoms with Gasteiger partial charge in [-0.15, -0.1) is 11.8 Å². The van der Waals surface area contributed by atoms with Crippen molar-refractivity contribution in [1.29, 1.82) is 0 Å². The standard InChI is InChI=1S/C22H28FNO2S/c1-4-22(12-5-13-25-2)15-27-20-11-10-18(26-3)14-19(20)21(24-22)16-6-8-17(23)9-7-16/h6-11,14,21,24H,4-5,12-13,15H2,1-3H3. The molecule has 2 unspecified atom stereocenters. The molecule has 2 aromatic rings. The fourth-order valence-electron chi connectivity index (χ4n) is 3.65. The van der Waals surface area contributed by atoms with Crippen LogP contribution in [0.1, 0.15) is 43.4 Å². The van der Waals surface area contributed by atoms with Gasteiger partial charge in [-0.2, -0.15) is 0 Å². The highest BCUT2D eigenvalue weighted by Gasteiger charge is 2.35. The van der Waals surface area contributed by atoms with Gasteiger partial charge >= 0.3 is 0 Å². The normalized spacial score (nSPS) is 22.1. The zero-order valence-electron chi connectivity index (χ0n) is 16.3. The zero-order valence-corrected chi connectivity index (χ0v) is 17.1. The predicted octanol–water partition coefficient (Wildman–Crippen LogP) is 5.19. The van der Waals surface area contributed by atoms with Crippen molar-refractivity contribution in [3.8, 4) is 5.75 Å². The van der Waals surface area contributed by atoms with E-state index < -0.39 is 0 Å². The summed E-state index contributed by atoms with van der Waals surface area (Å²) in [6.07, 6.45) is 3.06. The molecule has 146 valence electrons. The Balaban J connectivity index is 2.02. The molecule has 0 spiro atoms. The van der Waals surface area contributed by atoms with Crippen molar-refractivity contribution < 1.29 is 13.9 Å². The van der Waals surface area contributed by atoms with Crippen molar-refractivity contribution in [2.75, 3.05) is 26.6 Å². The summed E-state index contributed by atoms with van der Waals surface area (Å²) in [5.41, 5.74) is 2.25. The molecule has 0 saturated carbocycles. The van der Waals surface area contributed by atoms with Crippen LogP contribution in [0.2, 0.25) is 0 Å². The molecule has 0 aromatic heterocycles. The Morgan fingerprint density at radius 3 is 2.63 bits per heavy atom. The van der Waals surface area contributed by atoms with E-state index >= 15 is 0 Å². The van der Waals surface area contributed by atoms with Gasteiger partial charge in [0, 0.05) is 29.9 Å². The lowest BCUT2D eigenvalue weighted by Crippen LogP contribution is -2.48. The van der Waals surface area contributed by atoms with Gasteiger partial charge in [-0.1, -0.05) is 19.1 Å². The van der Waals surface area contributed by atoms with Crippen LogP contribution >= 0.6 is 11.8 Å². The molecule has 0 radical (unpaired) electrons. The van der Waals surface area contributed by atoms with Gasteiger partial charge in [0.25, 0.3) is 0 Å². The van der Waals surface area contributed by atoms with Gasteiger partial charge in [0.05, 0.1) is 13.2 Å². The van der Waals surface area contributed by atoms with Gasteiger partial charge in [0.1, 0.15) is 11.6 Å². The van der Waals surface area contributed by atoms with Gasteiger partial charge in [-0.25, -0.2) is 4.39 Å². The fourth-order valence-corrected chi connectivity index (χ4v) is 5.02. The summed E-state index contributed by atoms with van der Waals surface area (Å²) in [7, 11) is 3.43. The summed E-state index contributed by atoms with van der Waals surface area (Å²) in [6, 6.07) is 13.1. The van der Waals surface area contributed by atoms with Gasteiger partial charge < -0.3 is 9.47 Å². The topological polar surface area (TPSA) is 30.5 Å². The molecule has 1 N–H and O–H groups in total. The van der Waals surface area contributed by atoms with Crippen molar-refractivity contribution in [1.82, 2.24) is 5.32 Å². The monoisotopic (exact) mass is 389 g/mol. The predicted molar refractivity (Wildman–Crippen MR) is 109 cm³/mol. The first-order valence-corrected chi connectivity index (χ1v) is 10.4. The largest absolute Gasteiger partial charge is 0.497 e. The minimum Gasteiger partial charge on any atom is -0.497 e. The Morgan fingerprint density at radius 2 is 1.96 bits per heavy atom. The van der Waals surface area contributed by atoms with Gasteiger partial charge in [0.2, 0.25) is 0 Å². The molecule has 3 rings (SSSR count). The van der Waals surface area contributed by atoms with Crippen molar-refractivity contribution in [3.05, 3.63) is 59.4 Å². The first-order chi connectivity index (χ1) is 13.1. The van der Waals surface area contributed by atoms with E-state index in [-0.39, 0.29) is 17.4 Å². The zero-order chi connectivity index (χ0) is 19.3. The molecule has 3 nitrogen and oxygen atoms in total. The molecule has 0 amide bonds. The van der Waals surface area contributed by atoms with Crippen LogP contribution in [-0.2, 0) is 4.74 Å². The Kier molecular flexibility index (Phi) is 6.79. The lowest BCUT2D eigenvalue weighted by molar-refractivity contribution is 0.176. The first kappa shape index (κ1) is 20.2. The molecule has 2 atom stereocenters. The van der Waals surface area contributed by atoms with Crippen LogP contribution in [0.4, 0.5) is 4.39 Å². The minimum absolute atomic E-state index is 0.00545. The van der Waals surface area contributed by atoms with Crippen LogP contribution in [0.3, 0.4) is 0 Å². The molecule has 5 heteroatoms. The average molecular weight is 390 g/mol. The second-order valence-electron chi connectivity index (χ2n) is 7.05. The second-order valence-corrected chi connectivity index (χ2v) is 8.07. The van der Waals surface area contributed by atoms with E-state index in [9.17, 15) is 4.39 Å². The Morgan fingerprint density at radius 1 is 1.19 bits per heavy atom. The van der Waals surface area contributed by atoms with E-state index in [0.29, 0.717) is 0 Å². The van der Waals surface area contributed by atoms with E-state index in [0.717, 1.165) is 42.9 Å². The average Bonchev–Trinajstić information content (AvgIpc) is 2.86. The number of fused-ring (bicyclic) bond motifs is 1. The lowest BCUT2D eigenvalue weighted by atomic mass is 9.88. The molecule has 27 heavy (non-hydrogen) atoms. The van der Waals surface area contributed by atoms with Gasteiger partial charge in [0.15, 0.2) is 0 Å². The third-order valence-electron chi connectivity index (χ3n) is 5.37.